The molecule has 2 heterocycles. The monoisotopic (exact) mass is 655 g/mol. The van der Waals surface area contributed by atoms with Crippen LogP contribution < -0.4 is 0 Å². The van der Waals surface area contributed by atoms with Crippen LogP contribution in [0.15, 0.2) is 71.9 Å². The standard InChI is InChI=1S/C36H37N3O7S/c1-5-26(47)21-33(41)46-37-29(22-32(40)44-4)34(42)23-10-13-25(14-11-23)39-30-9-7-6-8-27(30)28-20-24(12-15-31(28)39)35(43)36(2,3)38-16-18-45-19-17-38/h6-15,20H,5,16-19,21-22H2,1-4H3/b37-29+. The van der Waals surface area contributed by atoms with Crippen molar-refractivity contribution in [3.63, 3.8) is 0 Å². The Morgan fingerprint density at radius 3 is 2.21 bits per heavy atom. The van der Waals surface area contributed by atoms with Crippen LogP contribution in [0.25, 0.3) is 27.5 Å². The molecule has 0 amide bonds. The van der Waals surface area contributed by atoms with Gasteiger partial charge in [-0.2, -0.15) is 0 Å². The number of carbonyl (C=O) groups is 4. The van der Waals surface area contributed by atoms with E-state index < -0.39 is 29.7 Å². The van der Waals surface area contributed by atoms with Crippen molar-refractivity contribution in [1.29, 1.82) is 0 Å². The SMILES string of the molecule is CCC(=S)CC(=O)O/N=C(\CC(=O)OC)C(=O)c1ccc(-n2c3ccccc3c3cc(C(=O)C(C)(C)N4CCOCC4)ccc32)cc1. The summed E-state index contributed by atoms with van der Waals surface area (Å²) in [5.41, 5.74) is 2.54. The summed E-state index contributed by atoms with van der Waals surface area (Å²) in [6, 6.07) is 20.6. The molecular formula is C36H37N3O7S. The van der Waals surface area contributed by atoms with Crippen molar-refractivity contribution in [2.75, 3.05) is 33.4 Å². The molecule has 0 bridgehead atoms. The Hall–Kier alpha value is -4.58. The van der Waals surface area contributed by atoms with Crippen LogP contribution in [0.5, 0.6) is 0 Å². The zero-order chi connectivity index (χ0) is 33.7. The summed E-state index contributed by atoms with van der Waals surface area (Å²) in [5.74, 6) is -1.96. The van der Waals surface area contributed by atoms with E-state index in [9.17, 15) is 19.2 Å². The zero-order valence-electron chi connectivity index (χ0n) is 26.9. The fourth-order valence-electron chi connectivity index (χ4n) is 5.73. The summed E-state index contributed by atoms with van der Waals surface area (Å²) in [7, 11) is 1.19. The highest BCUT2D eigenvalue weighted by Crippen LogP contribution is 2.34. The fraction of sp³-hybridized carbons (Fsp3) is 0.333. The maximum absolute atomic E-state index is 13.8. The summed E-state index contributed by atoms with van der Waals surface area (Å²) >= 11 is 5.08. The number of ketones is 2. The van der Waals surface area contributed by atoms with Crippen molar-refractivity contribution in [3.8, 4) is 5.69 Å². The van der Waals surface area contributed by atoms with Gasteiger partial charge in [0.2, 0.25) is 5.78 Å². The molecule has 47 heavy (non-hydrogen) atoms. The van der Waals surface area contributed by atoms with E-state index in [0.717, 1.165) is 27.5 Å². The molecule has 4 aromatic rings. The highest BCUT2D eigenvalue weighted by molar-refractivity contribution is 7.80. The third-order valence-electron chi connectivity index (χ3n) is 8.47. The van der Waals surface area contributed by atoms with Gasteiger partial charge in [-0.05, 0) is 68.8 Å². The van der Waals surface area contributed by atoms with Crippen molar-refractivity contribution < 1.29 is 33.5 Å². The summed E-state index contributed by atoms with van der Waals surface area (Å²) in [6.45, 7) is 8.36. The number of hydrogen-bond donors (Lipinski definition) is 0. The molecule has 0 unspecified atom stereocenters. The summed E-state index contributed by atoms with van der Waals surface area (Å²) in [4.78, 5) is 59.0. The minimum absolute atomic E-state index is 0.0455. The van der Waals surface area contributed by atoms with Crippen molar-refractivity contribution in [2.45, 2.75) is 45.6 Å². The molecule has 0 aliphatic carbocycles. The minimum Gasteiger partial charge on any atom is -0.469 e. The highest BCUT2D eigenvalue weighted by atomic mass is 32.1. The predicted octanol–water partition coefficient (Wildman–Crippen LogP) is 5.89. The van der Waals surface area contributed by atoms with E-state index in [1.165, 1.54) is 7.11 Å². The molecule has 1 aliphatic heterocycles. The van der Waals surface area contributed by atoms with E-state index >= 15 is 0 Å². The number of Topliss-reactive ketones (excluding diaryl/α,β-unsaturated/α-hetero) is 2. The van der Waals surface area contributed by atoms with Gasteiger partial charge in [0.1, 0.15) is 5.71 Å². The first-order valence-electron chi connectivity index (χ1n) is 15.5. The number of rotatable bonds is 12. The lowest BCUT2D eigenvalue weighted by molar-refractivity contribution is -0.143. The van der Waals surface area contributed by atoms with Gasteiger partial charge in [-0.3, -0.25) is 19.3 Å². The van der Waals surface area contributed by atoms with Gasteiger partial charge in [0, 0.05) is 45.5 Å². The molecule has 0 atom stereocenters. The van der Waals surface area contributed by atoms with E-state index in [-0.39, 0.29) is 23.5 Å². The summed E-state index contributed by atoms with van der Waals surface area (Å²) < 4.78 is 12.3. The van der Waals surface area contributed by atoms with E-state index in [2.05, 4.69) is 14.6 Å². The smallest absolute Gasteiger partial charge is 0.339 e. The molecule has 11 heteroatoms. The lowest BCUT2D eigenvalue weighted by atomic mass is 9.90. The summed E-state index contributed by atoms with van der Waals surface area (Å²) in [6.07, 6.45) is -0.0739. The van der Waals surface area contributed by atoms with Gasteiger partial charge in [0.15, 0.2) is 5.78 Å². The number of fused-ring (bicyclic) bond motifs is 3. The van der Waals surface area contributed by atoms with Gasteiger partial charge < -0.3 is 18.9 Å². The molecule has 244 valence electrons. The van der Waals surface area contributed by atoms with E-state index in [0.29, 0.717) is 43.2 Å². The number of aromatic nitrogens is 1. The predicted molar refractivity (Wildman–Crippen MR) is 184 cm³/mol. The van der Waals surface area contributed by atoms with Crippen LogP contribution in [0, 0.1) is 0 Å². The molecule has 1 fully saturated rings. The Balaban J connectivity index is 1.47. The third-order valence-corrected chi connectivity index (χ3v) is 8.91. The zero-order valence-corrected chi connectivity index (χ0v) is 27.7. The largest absolute Gasteiger partial charge is 0.469 e. The number of nitrogens with zero attached hydrogens (tertiary/aromatic N) is 3. The summed E-state index contributed by atoms with van der Waals surface area (Å²) in [5, 5.41) is 5.63. The number of para-hydroxylation sites is 1. The van der Waals surface area contributed by atoms with Crippen LogP contribution >= 0.6 is 12.2 Å². The van der Waals surface area contributed by atoms with Crippen LogP contribution in [0.1, 0.15) is 60.7 Å². The maximum Gasteiger partial charge on any atom is 0.339 e. The molecule has 3 aromatic carbocycles. The number of ether oxygens (including phenoxy) is 2. The molecule has 0 N–H and O–H groups in total. The number of esters is 1. The molecule has 1 saturated heterocycles. The van der Waals surface area contributed by atoms with E-state index in [1.807, 2.05) is 63.2 Å². The van der Waals surface area contributed by atoms with Gasteiger partial charge in [-0.15, -0.1) is 0 Å². The third kappa shape index (κ3) is 7.22. The van der Waals surface area contributed by atoms with Gasteiger partial charge in [0.25, 0.3) is 0 Å². The highest BCUT2D eigenvalue weighted by Gasteiger charge is 2.36. The number of oxime groups is 1. The fourth-order valence-corrected chi connectivity index (χ4v) is 5.85. The molecule has 10 nitrogen and oxygen atoms in total. The van der Waals surface area contributed by atoms with Crippen LogP contribution in [0.4, 0.5) is 0 Å². The molecule has 0 radical (unpaired) electrons. The molecule has 0 saturated carbocycles. The van der Waals surface area contributed by atoms with Gasteiger partial charge in [-0.1, -0.05) is 42.5 Å². The van der Waals surface area contributed by atoms with Gasteiger partial charge >= 0.3 is 11.9 Å². The van der Waals surface area contributed by atoms with Crippen LogP contribution in [0.2, 0.25) is 0 Å². The Bertz CT molecular complexity index is 1890. The molecular weight excluding hydrogens is 618 g/mol. The molecule has 1 aliphatic rings. The van der Waals surface area contributed by atoms with Crippen LogP contribution in [-0.4, -0.2) is 82.5 Å². The van der Waals surface area contributed by atoms with E-state index in [4.69, 9.17) is 26.5 Å². The lowest BCUT2D eigenvalue weighted by Crippen LogP contribution is -2.54. The van der Waals surface area contributed by atoms with Crippen LogP contribution in [-0.2, 0) is 23.9 Å². The Morgan fingerprint density at radius 2 is 1.53 bits per heavy atom. The normalized spacial score (nSPS) is 14.3. The molecule has 1 aromatic heterocycles. The van der Waals surface area contributed by atoms with Crippen molar-refractivity contribution >= 4 is 68.1 Å². The maximum atomic E-state index is 13.8. The van der Waals surface area contributed by atoms with Crippen molar-refractivity contribution in [3.05, 3.63) is 77.9 Å². The molecule has 5 rings (SSSR count). The quantitative estimate of drug-likeness (QED) is 0.0460. The topological polar surface area (TPSA) is 116 Å². The van der Waals surface area contributed by atoms with Gasteiger partial charge in [-0.25, -0.2) is 4.79 Å². The first-order chi connectivity index (χ1) is 22.5. The number of carbonyl (C=O) groups excluding carboxylic acids is 4. The Kier molecular flexibility index (Phi) is 10.4. The van der Waals surface area contributed by atoms with E-state index in [1.54, 1.807) is 24.3 Å². The lowest BCUT2D eigenvalue weighted by Gasteiger charge is -2.39. The number of benzene rings is 3. The first-order valence-corrected chi connectivity index (χ1v) is 15.9. The van der Waals surface area contributed by atoms with Crippen LogP contribution in [0.3, 0.4) is 0 Å². The van der Waals surface area contributed by atoms with Crippen molar-refractivity contribution in [2.24, 2.45) is 5.16 Å². The van der Waals surface area contributed by atoms with Gasteiger partial charge in [0.05, 0.1) is 49.7 Å². The minimum atomic E-state index is -0.719. The first kappa shape index (κ1) is 33.8. The second-order valence-electron chi connectivity index (χ2n) is 11.8. The number of hydrogen-bond acceptors (Lipinski definition) is 10. The average molecular weight is 656 g/mol. The Morgan fingerprint density at radius 1 is 0.872 bits per heavy atom. The van der Waals surface area contributed by atoms with Crippen molar-refractivity contribution in [1.82, 2.24) is 9.47 Å². The molecule has 0 spiro atoms. The second-order valence-corrected chi connectivity index (χ2v) is 12.3. The number of thiocarbonyl (C=S) groups is 1. The number of morpholine rings is 1. The average Bonchev–Trinajstić information content (AvgIpc) is 3.43. The number of methoxy groups -OCH3 is 1. The second kappa shape index (κ2) is 14.5. The Labute approximate surface area is 278 Å².